The van der Waals surface area contributed by atoms with E-state index in [9.17, 15) is 9.18 Å². The highest BCUT2D eigenvalue weighted by Gasteiger charge is 2.07. The Morgan fingerprint density at radius 2 is 1.87 bits per heavy atom. The maximum atomic E-state index is 12.8. The quantitative estimate of drug-likeness (QED) is 0.638. The zero-order chi connectivity index (χ0) is 16.1. The Morgan fingerprint density at radius 1 is 1.09 bits per heavy atom. The van der Waals surface area contributed by atoms with E-state index in [1.807, 2.05) is 24.3 Å². The van der Waals surface area contributed by atoms with E-state index in [2.05, 4.69) is 4.98 Å². The summed E-state index contributed by atoms with van der Waals surface area (Å²) in [6.07, 6.45) is 1.48. The van der Waals surface area contributed by atoms with Crippen molar-refractivity contribution in [2.24, 2.45) is 0 Å². The van der Waals surface area contributed by atoms with Gasteiger partial charge in [-0.3, -0.25) is 4.79 Å². The number of halogens is 1. The summed E-state index contributed by atoms with van der Waals surface area (Å²) in [6, 6.07) is 14.1. The molecule has 3 rings (SSSR count). The van der Waals surface area contributed by atoms with Gasteiger partial charge in [-0.1, -0.05) is 24.3 Å². The third-order valence-corrected chi connectivity index (χ3v) is 4.54. The van der Waals surface area contributed by atoms with Crippen LogP contribution in [0.15, 0.2) is 48.5 Å². The number of ether oxygens (including phenoxy) is 1. The number of carbonyl (C=O) groups excluding carboxylic acids is 1. The predicted molar refractivity (Wildman–Crippen MR) is 89.0 cm³/mol. The van der Waals surface area contributed by atoms with Gasteiger partial charge < -0.3 is 4.74 Å². The van der Waals surface area contributed by atoms with Crippen LogP contribution in [0.3, 0.4) is 0 Å². The van der Waals surface area contributed by atoms with Crippen molar-refractivity contribution in [3.63, 3.8) is 0 Å². The Labute approximate surface area is 137 Å². The first-order chi connectivity index (χ1) is 11.2. The van der Waals surface area contributed by atoms with Crippen molar-refractivity contribution < 1.29 is 13.9 Å². The van der Waals surface area contributed by atoms with Gasteiger partial charge in [0, 0.05) is 12.8 Å². The first-order valence-electron chi connectivity index (χ1n) is 7.45. The fourth-order valence-electron chi connectivity index (χ4n) is 2.25. The molecule has 0 atom stereocenters. The lowest BCUT2D eigenvalue weighted by molar-refractivity contribution is -0.143. The first-order valence-corrected chi connectivity index (χ1v) is 8.27. The molecule has 0 saturated carbocycles. The molecule has 23 heavy (non-hydrogen) atoms. The van der Waals surface area contributed by atoms with Crippen LogP contribution in [0.5, 0.6) is 0 Å². The fourth-order valence-corrected chi connectivity index (χ4v) is 3.20. The number of aryl methyl sites for hydroxylation is 1. The number of thiazole rings is 1. The zero-order valence-corrected chi connectivity index (χ0v) is 13.3. The van der Waals surface area contributed by atoms with Crippen LogP contribution in [-0.2, 0) is 22.4 Å². The number of rotatable bonds is 6. The molecule has 0 bridgehead atoms. The Kier molecular flexibility index (Phi) is 4.98. The van der Waals surface area contributed by atoms with Crippen LogP contribution in [0, 0.1) is 5.82 Å². The second-order valence-corrected chi connectivity index (χ2v) is 6.29. The Bertz CT molecular complexity index is 765. The summed E-state index contributed by atoms with van der Waals surface area (Å²) in [5.41, 5.74) is 1.91. The number of esters is 1. The minimum Gasteiger partial charge on any atom is -0.465 e. The summed E-state index contributed by atoms with van der Waals surface area (Å²) in [6.45, 7) is 0.335. The molecule has 2 aromatic carbocycles. The van der Waals surface area contributed by atoms with Gasteiger partial charge in [-0.05, 0) is 36.2 Å². The average Bonchev–Trinajstić information content (AvgIpc) is 2.97. The van der Waals surface area contributed by atoms with Gasteiger partial charge in [-0.2, -0.15) is 0 Å². The number of hydrogen-bond acceptors (Lipinski definition) is 4. The molecular weight excluding hydrogens is 313 g/mol. The molecule has 0 fully saturated rings. The number of aromatic nitrogens is 1. The van der Waals surface area contributed by atoms with E-state index in [0.29, 0.717) is 25.9 Å². The van der Waals surface area contributed by atoms with Crippen molar-refractivity contribution >= 4 is 27.5 Å². The number of benzene rings is 2. The maximum absolute atomic E-state index is 12.8. The standard InChI is InChI=1S/C18H16FNO2S/c19-14-8-5-13(6-9-14)7-10-18(21)22-12-11-17-20-15-3-1-2-4-16(15)23-17/h1-6,8-9H,7,10-12H2. The molecule has 3 aromatic rings. The van der Waals surface area contributed by atoms with Crippen LogP contribution in [0.2, 0.25) is 0 Å². The molecule has 0 radical (unpaired) electrons. The average molecular weight is 329 g/mol. The van der Waals surface area contributed by atoms with Crippen LogP contribution in [-0.4, -0.2) is 17.6 Å². The maximum Gasteiger partial charge on any atom is 0.306 e. The Hall–Kier alpha value is -2.27. The van der Waals surface area contributed by atoms with Gasteiger partial charge in [0.2, 0.25) is 0 Å². The van der Waals surface area contributed by atoms with E-state index in [-0.39, 0.29) is 11.8 Å². The smallest absolute Gasteiger partial charge is 0.306 e. The van der Waals surface area contributed by atoms with Crippen LogP contribution >= 0.6 is 11.3 Å². The molecule has 0 aliphatic heterocycles. The van der Waals surface area contributed by atoms with Crippen molar-refractivity contribution in [3.8, 4) is 0 Å². The van der Waals surface area contributed by atoms with Gasteiger partial charge in [0.25, 0.3) is 0 Å². The van der Waals surface area contributed by atoms with Crippen LogP contribution in [0.25, 0.3) is 10.2 Å². The summed E-state index contributed by atoms with van der Waals surface area (Å²) < 4.78 is 19.2. The molecule has 5 heteroatoms. The van der Waals surface area contributed by atoms with Crippen LogP contribution < -0.4 is 0 Å². The normalized spacial score (nSPS) is 10.8. The Morgan fingerprint density at radius 3 is 2.65 bits per heavy atom. The van der Waals surface area contributed by atoms with E-state index < -0.39 is 0 Å². The molecule has 0 aliphatic rings. The predicted octanol–water partition coefficient (Wildman–Crippen LogP) is 4.15. The lowest BCUT2D eigenvalue weighted by Crippen LogP contribution is -2.08. The van der Waals surface area contributed by atoms with E-state index in [4.69, 9.17) is 4.74 Å². The molecule has 0 aliphatic carbocycles. The monoisotopic (exact) mass is 329 g/mol. The minimum atomic E-state index is -0.271. The number of para-hydroxylation sites is 1. The lowest BCUT2D eigenvalue weighted by Gasteiger charge is -2.04. The van der Waals surface area contributed by atoms with Gasteiger partial charge in [-0.25, -0.2) is 9.37 Å². The van der Waals surface area contributed by atoms with Gasteiger partial charge >= 0.3 is 5.97 Å². The molecule has 0 spiro atoms. The van der Waals surface area contributed by atoms with Crippen molar-refractivity contribution in [3.05, 3.63) is 64.9 Å². The van der Waals surface area contributed by atoms with E-state index >= 15 is 0 Å². The number of carbonyl (C=O) groups is 1. The molecule has 0 N–H and O–H groups in total. The van der Waals surface area contributed by atoms with Crippen molar-refractivity contribution in [1.29, 1.82) is 0 Å². The topological polar surface area (TPSA) is 39.2 Å². The molecular formula is C18H16FNO2S. The van der Waals surface area contributed by atoms with Crippen molar-refractivity contribution in [2.75, 3.05) is 6.61 Å². The summed E-state index contributed by atoms with van der Waals surface area (Å²) in [4.78, 5) is 16.2. The van der Waals surface area contributed by atoms with Gasteiger partial charge in [0.15, 0.2) is 0 Å². The first kappa shape index (κ1) is 15.6. The van der Waals surface area contributed by atoms with E-state index in [1.165, 1.54) is 12.1 Å². The van der Waals surface area contributed by atoms with Crippen molar-refractivity contribution in [2.45, 2.75) is 19.3 Å². The Balaban J connectivity index is 1.43. The third-order valence-electron chi connectivity index (χ3n) is 3.45. The number of nitrogens with zero attached hydrogens (tertiary/aromatic N) is 1. The van der Waals surface area contributed by atoms with E-state index in [1.54, 1.807) is 23.5 Å². The van der Waals surface area contributed by atoms with Crippen molar-refractivity contribution in [1.82, 2.24) is 4.98 Å². The highest BCUT2D eigenvalue weighted by Crippen LogP contribution is 2.21. The second kappa shape index (κ2) is 7.33. The molecule has 1 aromatic heterocycles. The summed E-state index contributed by atoms with van der Waals surface area (Å²) in [5, 5.41) is 0.970. The molecule has 0 unspecified atom stereocenters. The molecule has 0 amide bonds. The highest BCUT2D eigenvalue weighted by atomic mass is 32.1. The highest BCUT2D eigenvalue weighted by molar-refractivity contribution is 7.18. The third kappa shape index (κ3) is 4.36. The summed E-state index contributed by atoms with van der Waals surface area (Å²) in [5.74, 6) is -0.511. The van der Waals surface area contributed by atoms with Crippen LogP contribution in [0.4, 0.5) is 4.39 Å². The SMILES string of the molecule is O=C(CCc1ccc(F)cc1)OCCc1nc2ccccc2s1. The molecule has 1 heterocycles. The number of fused-ring (bicyclic) bond motifs is 1. The number of hydrogen-bond donors (Lipinski definition) is 0. The minimum absolute atomic E-state index is 0.240. The van der Waals surface area contributed by atoms with Crippen LogP contribution in [0.1, 0.15) is 17.0 Å². The molecule has 3 nitrogen and oxygen atoms in total. The second-order valence-electron chi connectivity index (χ2n) is 5.17. The van der Waals surface area contributed by atoms with E-state index in [0.717, 1.165) is 20.8 Å². The van der Waals surface area contributed by atoms with Gasteiger partial charge in [0.05, 0.1) is 21.8 Å². The van der Waals surface area contributed by atoms with Gasteiger partial charge in [-0.15, -0.1) is 11.3 Å². The summed E-state index contributed by atoms with van der Waals surface area (Å²) in [7, 11) is 0. The molecule has 118 valence electrons. The summed E-state index contributed by atoms with van der Waals surface area (Å²) >= 11 is 1.62. The fraction of sp³-hybridized carbons (Fsp3) is 0.222. The zero-order valence-electron chi connectivity index (χ0n) is 12.5. The lowest BCUT2D eigenvalue weighted by atomic mass is 10.1. The molecule has 0 saturated heterocycles. The van der Waals surface area contributed by atoms with Gasteiger partial charge in [0.1, 0.15) is 5.82 Å². The largest absolute Gasteiger partial charge is 0.465 e.